The smallest absolute Gasteiger partial charge is 0.246 e. The molecule has 1 rings (SSSR count). The van der Waals surface area contributed by atoms with Gasteiger partial charge in [-0.05, 0) is 69.8 Å². The van der Waals surface area contributed by atoms with Gasteiger partial charge in [0.15, 0.2) is 0 Å². The highest BCUT2D eigenvalue weighted by Gasteiger charge is 2.40. The van der Waals surface area contributed by atoms with Crippen LogP contribution >= 0.6 is 0 Å². The van der Waals surface area contributed by atoms with Crippen molar-refractivity contribution < 1.29 is 29.1 Å². The van der Waals surface area contributed by atoms with Gasteiger partial charge >= 0.3 is 0 Å². The summed E-state index contributed by atoms with van der Waals surface area (Å²) in [7, 11) is 0. The molecular formula is C39H67N5O6. The molecule has 1 aromatic carbocycles. The second kappa shape index (κ2) is 22.4. The van der Waals surface area contributed by atoms with Crippen LogP contribution in [-0.2, 0) is 30.4 Å². The van der Waals surface area contributed by atoms with E-state index in [4.69, 9.17) is 0 Å². The number of nitrogens with one attached hydrogen (secondary N) is 5. The number of rotatable bonds is 24. The summed E-state index contributed by atoms with van der Waals surface area (Å²) in [4.78, 5) is 67.5. The van der Waals surface area contributed by atoms with Crippen molar-refractivity contribution in [3.63, 3.8) is 0 Å². The summed E-state index contributed by atoms with van der Waals surface area (Å²) in [6, 6.07) is 7.16. The first kappa shape index (κ1) is 44.6. The van der Waals surface area contributed by atoms with Gasteiger partial charge in [-0.1, -0.05) is 104 Å². The molecule has 0 aromatic heterocycles. The molecule has 6 N–H and O–H groups in total. The van der Waals surface area contributed by atoms with Crippen LogP contribution in [0.15, 0.2) is 30.3 Å². The van der Waals surface area contributed by atoms with Gasteiger partial charge in [0, 0.05) is 6.42 Å². The third kappa shape index (κ3) is 15.6. The summed E-state index contributed by atoms with van der Waals surface area (Å²) in [5, 5.41) is 24.3. The van der Waals surface area contributed by atoms with E-state index >= 15 is 0 Å². The topological polar surface area (TPSA) is 166 Å². The molecular weight excluding hydrogens is 634 g/mol. The van der Waals surface area contributed by atoms with E-state index in [9.17, 15) is 29.1 Å². The van der Waals surface area contributed by atoms with Crippen LogP contribution in [0.1, 0.15) is 132 Å². The van der Waals surface area contributed by atoms with Crippen LogP contribution in [0.5, 0.6) is 0 Å². The average Bonchev–Trinajstić information content (AvgIpc) is 3.06. The number of hydrogen-bond donors (Lipinski definition) is 6. The van der Waals surface area contributed by atoms with E-state index in [-0.39, 0.29) is 37.2 Å². The summed E-state index contributed by atoms with van der Waals surface area (Å²) < 4.78 is 0. The number of aliphatic hydroxyl groups excluding tert-OH is 1. The first-order chi connectivity index (χ1) is 23.5. The lowest BCUT2D eigenvalue weighted by atomic mass is 9.92. The number of unbranched alkanes of at least 4 members (excludes halogenated alkanes) is 4. The van der Waals surface area contributed by atoms with Crippen molar-refractivity contribution in [2.45, 2.75) is 162 Å². The number of aliphatic hydroxyl groups is 1. The quantitative estimate of drug-likeness (QED) is 0.0856. The predicted octanol–water partition coefficient (Wildman–Crippen LogP) is 4.70. The molecule has 0 unspecified atom stereocenters. The molecule has 5 amide bonds. The summed E-state index contributed by atoms with van der Waals surface area (Å²) in [6.07, 6.45) is 7.00. The van der Waals surface area contributed by atoms with Gasteiger partial charge in [-0.2, -0.15) is 0 Å². The number of hydrogen-bond acceptors (Lipinski definition) is 6. The maximum absolute atomic E-state index is 13.8. The molecule has 50 heavy (non-hydrogen) atoms. The second-order valence-corrected chi connectivity index (χ2v) is 15.0. The predicted molar refractivity (Wildman–Crippen MR) is 199 cm³/mol. The van der Waals surface area contributed by atoms with Crippen LogP contribution in [-0.4, -0.2) is 70.5 Å². The zero-order chi connectivity index (χ0) is 37.9. The minimum Gasteiger partial charge on any atom is -0.394 e. The zero-order valence-corrected chi connectivity index (χ0v) is 32.2. The Morgan fingerprint density at radius 1 is 0.680 bits per heavy atom. The highest BCUT2D eigenvalue weighted by molar-refractivity contribution is 5.98. The molecule has 1 aromatic rings. The van der Waals surface area contributed by atoms with Gasteiger partial charge in [-0.25, -0.2) is 0 Å². The minimum absolute atomic E-state index is 0.0208. The molecule has 11 nitrogen and oxygen atoms in total. The van der Waals surface area contributed by atoms with Crippen molar-refractivity contribution in [3.8, 4) is 0 Å². The number of amides is 5. The Hall–Kier alpha value is -3.47. The Morgan fingerprint density at radius 3 is 1.62 bits per heavy atom. The summed E-state index contributed by atoms with van der Waals surface area (Å²) >= 11 is 0. The molecule has 0 bridgehead atoms. The van der Waals surface area contributed by atoms with E-state index < -0.39 is 52.8 Å². The summed E-state index contributed by atoms with van der Waals surface area (Å²) in [6.45, 7) is 16.4. The molecule has 11 heteroatoms. The molecule has 284 valence electrons. The van der Waals surface area contributed by atoms with Gasteiger partial charge in [-0.15, -0.1) is 0 Å². The molecule has 0 radical (unpaired) electrons. The van der Waals surface area contributed by atoms with Crippen LogP contribution in [0.3, 0.4) is 0 Å². The van der Waals surface area contributed by atoms with Gasteiger partial charge < -0.3 is 31.7 Å². The summed E-state index contributed by atoms with van der Waals surface area (Å²) in [5.74, 6) is -2.00. The van der Waals surface area contributed by atoms with Crippen LogP contribution in [0, 0.1) is 11.8 Å². The molecule has 0 aliphatic heterocycles. The zero-order valence-electron chi connectivity index (χ0n) is 32.2. The second-order valence-electron chi connectivity index (χ2n) is 15.0. The highest BCUT2D eigenvalue weighted by Crippen LogP contribution is 2.17. The molecule has 5 atom stereocenters. The molecule has 0 saturated heterocycles. The van der Waals surface area contributed by atoms with E-state index in [2.05, 4.69) is 33.5 Å². The van der Waals surface area contributed by atoms with Crippen LogP contribution in [0.2, 0.25) is 0 Å². The Morgan fingerprint density at radius 2 is 1.16 bits per heavy atom. The van der Waals surface area contributed by atoms with Gasteiger partial charge in [0.1, 0.15) is 23.2 Å². The molecule has 0 fully saturated rings. The van der Waals surface area contributed by atoms with Crippen molar-refractivity contribution in [1.29, 1.82) is 0 Å². The average molecular weight is 702 g/mol. The van der Waals surface area contributed by atoms with Crippen molar-refractivity contribution in [2.24, 2.45) is 11.8 Å². The SMILES string of the molecule is CCCCCCCC(=O)N[C@@H](CC(C)C)C(=O)N[C@@](C)(CC)C(=O)N[C@@H](CC(C)C)C(=O)N[C@@](C)(CC)C(=O)N[C@H](CO)Cc1ccccc1. The van der Waals surface area contributed by atoms with Crippen molar-refractivity contribution in [1.82, 2.24) is 26.6 Å². The number of carbonyl (C=O) groups is 5. The third-order valence-electron chi connectivity index (χ3n) is 9.29. The monoisotopic (exact) mass is 702 g/mol. The van der Waals surface area contributed by atoms with Crippen molar-refractivity contribution in [3.05, 3.63) is 35.9 Å². The fourth-order valence-corrected chi connectivity index (χ4v) is 5.61. The van der Waals surface area contributed by atoms with E-state index in [1.165, 1.54) is 0 Å². The van der Waals surface area contributed by atoms with Gasteiger partial charge in [-0.3, -0.25) is 24.0 Å². The van der Waals surface area contributed by atoms with Gasteiger partial charge in [0.05, 0.1) is 12.6 Å². The Balaban J connectivity index is 3.07. The number of carbonyl (C=O) groups excluding carboxylic acids is 5. The molecule has 0 saturated carbocycles. The van der Waals surface area contributed by atoms with E-state index in [1.807, 2.05) is 58.0 Å². The fraction of sp³-hybridized carbons (Fsp3) is 0.718. The van der Waals surface area contributed by atoms with Crippen LogP contribution in [0.25, 0.3) is 0 Å². The normalized spacial score (nSPS) is 15.6. The lowest BCUT2D eigenvalue weighted by Crippen LogP contribution is -2.65. The van der Waals surface area contributed by atoms with E-state index in [1.54, 1.807) is 27.7 Å². The van der Waals surface area contributed by atoms with Crippen LogP contribution < -0.4 is 26.6 Å². The maximum atomic E-state index is 13.8. The van der Waals surface area contributed by atoms with Crippen molar-refractivity contribution >= 4 is 29.5 Å². The number of benzene rings is 1. The Labute approximate surface area is 301 Å². The van der Waals surface area contributed by atoms with Gasteiger partial charge in [0.2, 0.25) is 29.5 Å². The third-order valence-corrected chi connectivity index (χ3v) is 9.29. The van der Waals surface area contributed by atoms with E-state index in [0.29, 0.717) is 25.7 Å². The first-order valence-corrected chi connectivity index (χ1v) is 18.7. The molecule has 0 heterocycles. The lowest BCUT2D eigenvalue weighted by Gasteiger charge is -2.35. The molecule has 0 aliphatic carbocycles. The van der Waals surface area contributed by atoms with E-state index in [0.717, 1.165) is 37.7 Å². The standard InChI is InChI=1S/C39H67N5O6/c1-10-13-14-15-19-22-33(46)41-31(23-27(4)5)34(47)43-39(9,12-3)37(50)42-32(24-28(6)7)35(48)44-38(8,11-2)36(49)40-30(26-45)25-29-20-17-16-18-21-29/h16-18,20-21,27-28,30-32,45H,10-15,19,22-26H2,1-9H3,(H,40,49)(H,41,46)(H,42,50)(H,43,47)(H,44,48)/t30-,31-,32-,38-,39-/m0/s1. The lowest BCUT2D eigenvalue weighted by molar-refractivity contribution is -0.139. The summed E-state index contributed by atoms with van der Waals surface area (Å²) in [5.41, 5.74) is -1.73. The maximum Gasteiger partial charge on any atom is 0.246 e. The van der Waals surface area contributed by atoms with Crippen LogP contribution in [0.4, 0.5) is 0 Å². The Kier molecular flexibility index (Phi) is 19.9. The first-order valence-electron chi connectivity index (χ1n) is 18.7. The minimum atomic E-state index is -1.37. The molecule has 0 spiro atoms. The largest absolute Gasteiger partial charge is 0.394 e. The Bertz CT molecular complexity index is 1210. The van der Waals surface area contributed by atoms with Gasteiger partial charge in [0.25, 0.3) is 0 Å². The van der Waals surface area contributed by atoms with Crippen molar-refractivity contribution in [2.75, 3.05) is 6.61 Å². The fourth-order valence-electron chi connectivity index (χ4n) is 5.61. The highest BCUT2D eigenvalue weighted by atomic mass is 16.3. The molecule has 0 aliphatic rings.